The third-order valence-electron chi connectivity index (χ3n) is 6.95. The number of urea groups is 1. The molecule has 0 saturated heterocycles. The Morgan fingerprint density at radius 1 is 1.00 bits per heavy atom. The number of amides is 4. The number of nitrogens with one attached hydrogen (secondary N) is 4. The van der Waals surface area contributed by atoms with E-state index in [9.17, 15) is 14.4 Å². The van der Waals surface area contributed by atoms with Crippen molar-refractivity contribution in [3.8, 4) is 0 Å². The van der Waals surface area contributed by atoms with Gasteiger partial charge in [0.2, 0.25) is 5.91 Å². The minimum absolute atomic E-state index is 0.0806. The van der Waals surface area contributed by atoms with Crippen molar-refractivity contribution in [2.45, 2.75) is 57.9 Å². The Hall–Kier alpha value is -2.57. The zero-order valence-electron chi connectivity index (χ0n) is 18.5. The van der Waals surface area contributed by atoms with Gasteiger partial charge in [0.1, 0.15) is 0 Å². The molecule has 4 amide bonds. The van der Waals surface area contributed by atoms with E-state index in [0.717, 1.165) is 37.0 Å². The van der Waals surface area contributed by atoms with E-state index < -0.39 is 11.9 Å². The standard InChI is InChI=1S/C24H34N4O3/c1-15(2)13-26-22(30)19-5-3-4-6-20(19)25-14-21(29)27-23(31)28-24-10-16-7-17(11-24)9-18(8-16)12-24/h3-6,15-18,25H,7-14H2,1-2H3,(H,26,30)(H2,27,28,29,31). The highest BCUT2D eigenvalue weighted by molar-refractivity contribution is 6.01. The Morgan fingerprint density at radius 3 is 2.23 bits per heavy atom. The number of para-hydroxylation sites is 1. The van der Waals surface area contributed by atoms with Gasteiger partial charge in [0.15, 0.2) is 0 Å². The van der Waals surface area contributed by atoms with Gasteiger partial charge in [-0.3, -0.25) is 14.9 Å². The molecule has 168 valence electrons. The molecule has 0 unspecified atom stereocenters. The minimum atomic E-state index is -0.417. The fraction of sp³-hybridized carbons (Fsp3) is 0.625. The first-order chi connectivity index (χ1) is 14.8. The monoisotopic (exact) mass is 426 g/mol. The lowest BCUT2D eigenvalue weighted by Crippen LogP contribution is -2.62. The van der Waals surface area contributed by atoms with Gasteiger partial charge in [0, 0.05) is 17.8 Å². The first-order valence-corrected chi connectivity index (χ1v) is 11.5. The van der Waals surface area contributed by atoms with Crippen LogP contribution in [0.2, 0.25) is 0 Å². The molecule has 7 heteroatoms. The van der Waals surface area contributed by atoms with Crippen molar-refractivity contribution in [3.05, 3.63) is 29.8 Å². The summed E-state index contributed by atoms with van der Waals surface area (Å²) < 4.78 is 0. The van der Waals surface area contributed by atoms with Crippen molar-refractivity contribution in [3.63, 3.8) is 0 Å². The molecule has 31 heavy (non-hydrogen) atoms. The van der Waals surface area contributed by atoms with Crippen LogP contribution < -0.4 is 21.3 Å². The second-order valence-electron chi connectivity index (χ2n) is 10.2. The molecule has 0 atom stereocenters. The molecular formula is C24H34N4O3. The normalized spacial score (nSPS) is 28.3. The molecule has 0 radical (unpaired) electrons. The van der Waals surface area contributed by atoms with Gasteiger partial charge in [0.25, 0.3) is 5.91 Å². The summed E-state index contributed by atoms with van der Waals surface area (Å²) in [6.45, 7) is 4.56. The van der Waals surface area contributed by atoms with Crippen LogP contribution in [-0.2, 0) is 4.79 Å². The SMILES string of the molecule is CC(C)CNC(=O)c1ccccc1NCC(=O)NC(=O)NC12CC3CC(CC(C3)C1)C2. The maximum atomic E-state index is 12.5. The Bertz CT molecular complexity index is 816. The maximum Gasteiger partial charge on any atom is 0.321 e. The van der Waals surface area contributed by atoms with Crippen molar-refractivity contribution in [2.24, 2.45) is 23.7 Å². The summed E-state index contributed by atoms with van der Waals surface area (Å²) in [7, 11) is 0. The van der Waals surface area contributed by atoms with Gasteiger partial charge in [-0.25, -0.2) is 4.79 Å². The molecule has 4 fully saturated rings. The molecule has 1 aromatic carbocycles. The van der Waals surface area contributed by atoms with Gasteiger partial charge in [-0.05, 0) is 74.3 Å². The smallest absolute Gasteiger partial charge is 0.321 e. The van der Waals surface area contributed by atoms with Crippen LogP contribution in [0.25, 0.3) is 0 Å². The summed E-state index contributed by atoms with van der Waals surface area (Å²) in [6.07, 6.45) is 7.02. The number of carbonyl (C=O) groups is 3. The lowest BCUT2D eigenvalue weighted by molar-refractivity contribution is -0.118. The Kier molecular flexibility index (Phi) is 6.21. The van der Waals surface area contributed by atoms with Gasteiger partial charge in [-0.15, -0.1) is 0 Å². The average Bonchev–Trinajstić information content (AvgIpc) is 2.69. The second kappa shape index (κ2) is 8.89. The summed E-state index contributed by atoms with van der Waals surface area (Å²) >= 11 is 0. The summed E-state index contributed by atoms with van der Waals surface area (Å²) in [4.78, 5) is 37.3. The maximum absolute atomic E-state index is 12.5. The number of anilines is 1. The Morgan fingerprint density at radius 2 is 1.61 bits per heavy atom. The van der Waals surface area contributed by atoms with Gasteiger partial charge in [-0.1, -0.05) is 26.0 Å². The average molecular weight is 427 g/mol. The van der Waals surface area contributed by atoms with Gasteiger partial charge in [0.05, 0.1) is 12.1 Å². The van der Waals surface area contributed by atoms with Crippen molar-refractivity contribution in [1.82, 2.24) is 16.0 Å². The quantitative estimate of drug-likeness (QED) is 0.538. The van der Waals surface area contributed by atoms with E-state index in [2.05, 4.69) is 21.3 Å². The number of imide groups is 1. The molecule has 5 rings (SSSR count). The molecule has 0 aliphatic heterocycles. The molecular weight excluding hydrogens is 392 g/mol. The van der Waals surface area contributed by atoms with E-state index in [0.29, 0.717) is 23.7 Å². The van der Waals surface area contributed by atoms with E-state index in [1.807, 2.05) is 13.8 Å². The van der Waals surface area contributed by atoms with Crippen molar-refractivity contribution in [2.75, 3.05) is 18.4 Å². The fourth-order valence-electron chi connectivity index (χ4n) is 6.11. The molecule has 0 aromatic heterocycles. The lowest BCUT2D eigenvalue weighted by atomic mass is 9.53. The third-order valence-corrected chi connectivity index (χ3v) is 6.95. The molecule has 4 bridgehead atoms. The molecule has 7 nitrogen and oxygen atoms in total. The highest BCUT2D eigenvalue weighted by atomic mass is 16.2. The highest BCUT2D eigenvalue weighted by Crippen LogP contribution is 2.55. The predicted molar refractivity (Wildman–Crippen MR) is 120 cm³/mol. The summed E-state index contributed by atoms with van der Waals surface area (Å²) in [5, 5.41) is 11.5. The van der Waals surface area contributed by atoms with E-state index in [1.54, 1.807) is 24.3 Å². The van der Waals surface area contributed by atoms with Crippen LogP contribution in [0.5, 0.6) is 0 Å². The zero-order valence-corrected chi connectivity index (χ0v) is 18.5. The van der Waals surface area contributed by atoms with E-state index in [1.165, 1.54) is 19.3 Å². The van der Waals surface area contributed by atoms with Crippen molar-refractivity contribution in [1.29, 1.82) is 0 Å². The molecule has 4 aliphatic rings. The Labute approximate surface area is 184 Å². The second-order valence-corrected chi connectivity index (χ2v) is 10.2. The van der Waals surface area contributed by atoms with E-state index in [4.69, 9.17) is 0 Å². The van der Waals surface area contributed by atoms with Crippen LogP contribution in [0.4, 0.5) is 10.5 Å². The summed E-state index contributed by atoms with van der Waals surface area (Å²) in [5.74, 6) is 1.92. The zero-order chi connectivity index (χ0) is 22.0. The lowest BCUT2D eigenvalue weighted by Gasteiger charge is -2.56. The van der Waals surface area contributed by atoms with Gasteiger partial charge in [-0.2, -0.15) is 0 Å². The third kappa shape index (κ3) is 5.20. The van der Waals surface area contributed by atoms with Crippen LogP contribution >= 0.6 is 0 Å². The number of benzene rings is 1. The Balaban J connectivity index is 1.28. The van der Waals surface area contributed by atoms with E-state index in [-0.39, 0.29) is 18.0 Å². The first-order valence-electron chi connectivity index (χ1n) is 11.5. The number of rotatable bonds is 7. The van der Waals surface area contributed by atoms with Crippen molar-refractivity contribution >= 4 is 23.5 Å². The molecule has 4 saturated carbocycles. The van der Waals surface area contributed by atoms with Crippen LogP contribution in [0.3, 0.4) is 0 Å². The first kappa shape index (κ1) is 21.7. The van der Waals surface area contributed by atoms with E-state index >= 15 is 0 Å². The fourth-order valence-corrected chi connectivity index (χ4v) is 6.11. The van der Waals surface area contributed by atoms with Crippen LogP contribution in [-0.4, -0.2) is 36.5 Å². The molecule has 1 aromatic rings. The largest absolute Gasteiger partial charge is 0.375 e. The van der Waals surface area contributed by atoms with Gasteiger partial charge < -0.3 is 16.0 Å². The topological polar surface area (TPSA) is 99.3 Å². The highest BCUT2D eigenvalue weighted by Gasteiger charge is 2.51. The summed E-state index contributed by atoms with van der Waals surface area (Å²) in [6, 6.07) is 6.66. The van der Waals surface area contributed by atoms with Crippen LogP contribution in [0, 0.1) is 23.7 Å². The predicted octanol–water partition coefficient (Wildman–Crippen LogP) is 3.28. The van der Waals surface area contributed by atoms with Crippen molar-refractivity contribution < 1.29 is 14.4 Å². The number of hydrogen-bond acceptors (Lipinski definition) is 4. The number of hydrogen-bond donors (Lipinski definition) is 4. The number of carbonyl (C=O) groups excluding carboxylic acids is 3. The summed E-state index contributed by atoms with van der Waals surface area (Å²) in [5.41, 5.74) is 0.919. The molecule has 4 N–H and O–H groups in total. The van der Waals surface area contributed by atoms with Crippen LogP contribution in [0.15, 0.2) is 24.3 Å². The minimum Gasteiger partial charge on any atom is -0.375 e. The molecule has 4 aliphatic carbocycles. The molecule has 0 heterocycles. The van der Waals surface area contributed by atoms with Crippen LogP contribution in [0.1, 0.15) is 62.7 Å². The van der Waals surface area contributed by atoms with Gasteiger partial charge >= 0.3 is 6.03 Å². The molecule has 0 spiro atoms.